The number of hydrogen-bond acceptors (Lipinski definition) is 2. The molecule has 5 saturated carbocycles. The summed E-state index contributed by atoms with van der Waals surface area (Å²) in [5.41, 5.74) is 2.16. The van der Waals surface area contributed by atoms with Crippen LogP contribution in [-0.4, -0.2) is 17.0 Å². The zero-order valence-corrected chi connectivity index (χ0v) is 21.4. The van der Waals surface area contributed by atoms with E-state index < -0.39 is 6.10 Å². The van der Waals surface area contributed by atoms with E-state index in [9.17, 15) is 9.90 Å². The lowest BCUT2D eigenvalue weighted by Crippen LogP contribution is -2.67. The maximum absolute atomic E-state index is 12.5. The van der Waals surface area contributed by atoms with Crippen LogP contribution in [0.3, 0.4) is 0 Å². The second kappa shape index (κ2) is 6.39. The summed E-state index contributed by atoms with van der Waals surface area (Å²) in [6.45, 7) is 18.0. The van der Waals surface area contributed by atoms with E-state index in [4.69, 9.17) is 0 Å². The minimum Gasteiger partial charge on any atom is -0.385 e. The van der Waals surface area contributed by atoms with E-state index in [1.165, 1.54) is 57.8 Å². The molecular formula is C29H48O2. The Morgan fingerprint density at radius 3 is 2.03 bits per heavy atom. The van der Waals surface area contributed by atoms with E-state index in [2.05, 4.69) is 48.5 Å². The molecule has 5 aliphatic carbocycles. The van der Waals surface area contributed by atoms with Crippen molar-refractivity contribution >= 4 is 5.78 Å². The summed E-state index contributed by atoms with van der Waals surface area (Å²) in [5.74, 6) is 2.15. The summed E-state index contributed by atoms with van der Waals surface area (Å²) in [7, 11) is 0. The Balaban J connectivity index is 1.54. The van der Waals surface area contributed by atoms with Crippen LogP contribution >= 0.6 is 0 Å². The van der Waals surface area contributed by atoms with Gasteiger partial charge >= 0.3 is 0 Å². The molecule has 1 N–H and O–H groups in total. The highest BCUT2D eigenvalue weighted by molar-refractivity contribution is 5.84. The summed E-state index contributed by atoms with van der Waals surface area (Å²) in [6.07, 6.45) is 12.7. The van der Waals surface area contributed by atoms with E-state index in [1.54, 1.807) is 0 Å². The largest absolute Gasteiger partial charge is 0.385 e. The van der Waals surface area contributed by atoms with Gasteiger partial charge in [0.05, 0.1) is 0 Å². The SMILES string of the molecule is CC1(C)CCC2(C)CCC3(C)C4CCC5(C)CC(=O)C(O)CC5C4(C)CCC3(C)C2C1. The van der Waals surface area contributed by atoms with Crippen molar-refractivity contribution in [2.45, 2.75) is 125 Å². The van der Waals surface area contributed by atoms with Gasteiger partial charge in [-0.15, -0.1) is 0 Å². The van der Waals surface area contributed by atoms with Crippen LogP contribution in [0.25, 0.3) is 0 Å². The van der Waals surface area contributed by atoms with Gasteiger partial charge in [-0.05, 0) is 114 Å². The number of carbonyl (C=O) groups is 1. The van der Waals surface area contributed by atoms with Gasteiger partial charge in [-0.2, -0.15) is 0 Å². The highest BCUT2D eigenvalue weighted by atomic mass is 16.3. The predicted molar refractivity (Wildman–Crippen MR) is 127 cm³/mol. The fourth-order valence-corrected chi connectivity index (χ4v) is 10.8. The van der Waals surface area contributed by atoms with E-state index in [1.807, 2.05) is 0 Å². The third kappa shape index (κ3) is 2.82. The Morgan fingerprint density at radius 1 is 0.710 bits per heavy atom. The first-order valence-electron chi connectivity index (χ1n) is 13.4. The standard InChI is InChI=1S/C29H48O2/c1-24(2)10-11-25(3)12-14-28(6)21-8-9-26(4)17-20(31)19(30)16-22(26)27(21,5)13-15-29(28,7)23(25)18-24/h19,21-23,30H,8-18H2,1-7H3. The molecule has 31 heavy (non-hydrogen) atoms. The van der Waals surface area contributed by atoms with E-state index in [0.717, 1.165) is 11.8 Å². The summed E-state index contributed by atoms with van der Waals surface area (Å²) >= 11 is 0. The molecule has 0 spiro atoms. The van der Waals surface area contributed by atoms with Gasteiger partial charge in [-0.1, -0.05) is 48.5 Å². The number of aliphatic hydroxyl groups is 1. The highest BCUT2D eigenvalue weighted by Crippen LogP contribution is 2.78. The first-order valence-corrected chi connectivity index (χ1v) is 13.4. The topological polar surface area (TPSA) is 37.3 Å². The highest BCUT2D eigenvalue weighted by Gasteiger charge is 2.70. The quantitative estimate of drug-likeness (QED) is 0.443. The molecule has 0 aliphatic heterocycles. The molecule has 0 heterocycles. The Hall–Kier alpha value is -0.370. The maximum Gasteiger partial charge on any atom is 0.161 e. The Morgan fingerprint density at radius 2 is 1.32 bits per heavy atom. The van der Waals surface area contributed by atoms with Gasteiger partial charge in [0, 0.05) is 6.42 Å². The van der Waals surface area contributed by atoms with Crippen molar-refractivity contribution in [2.24, 2.45) is 50.2 Å². The Bertz CT molecular complexity index is 786. The van der Waals surface area contributed by atoms with Crippen molar-refractivity contribution in [2.75, 3.05) is 0 Å². The molecule has 5 aliphatic rings. The fraction of sp³-hybridized carbons (Fsp3) is 0.966. The second-order valence-electron chi connectivity index (χ2n) is 15.1. The van der Waals surface area contributed by atoms with E-state index in [-0.39, 0.29) is 16.6 Å². The van der Waals surface area contributed by atoms with Crippen LogP contribution in [0.5, 0.6) is 0 Å². The van der Waals surface area contributed by atoms with E-state index >= 15 is 0 Å². The molecule has 0 aromatic carbocycles. The number of ketones is 1. The number of hydrogen-bond donors (Lipinski definition) is 1. The van der Waals surface area contributed by atoms with Crippen molar-refractivity contribution in [3.05, 3.63) is 0 Å². The van der Waals surface area contributed by atoms with Crippen molar-refractivity contribution in [1.82, 2.24) is 0 Å². The summed E-state index contributed by atoms with van der Waals surface area (Å²) in [4.78, 5) is 12.5. The zero-order valence-electron chi connectivity index (χ0n) is 21.4. The fourth-order valence-electron chi connectivity index (χ4n) is 10.8. The van der Waals surface area contributed by atoms with Crippen LogP contribution in [0.15, 0.2) is 0 Å². The van der Waals surface area contributed by atoms with Crippen LogP contribution in [0, 0.1) is 50.2 Å². The van der Waals surface area contributed by atoms with Crippen LogP contribution < -0.4 is 0 Å². The molecule has 0 saturated heterocycles. The molecular weight excluding hydrogens is 380 g/mol. The summed E-state index contributed by atoms with van der Waals surface area (Å²) < 4.78 is 0. The summed E-state index contributed by atoms with van der Waals surface area (Å²) in [5, 5.41) is 10.6. The molecule has 0 bridgehead atoms. The van der Waals surface area contributed by atoms with E-state index in [0.29, 0.717) is 40.4 Å². The van der Waals surface area contributed by atoms with Crippen molar-refractivity contribution in [3.63, 3.8) is 0 Å². The van der Waals surface area contributed by atoms with Crippen LogP contribution in [0.2, 0.25) is 0 Å². The minimum atomic E-state index is -0.719. The zero-order chi connectivity index (χ0) is 22.7. The molecule has 0 radical (unpaired) electrons. The van der Waals surface area contributed by atoms with Crippen molar-refractivity contribution in [1.29, 1.82) is 0 Å². The molecule has 176 valence electrons. The molecule has 9 atom stereocenters. The molecule has 2 heteroatoms. The van der Waals surface area contributed by atoms with Gasteiger partial charge in [0.1, 0.15) is 6.10 Å². The maximum atomic E-state index is 12.5. The minimum absolute atomic E-state index is 0.0989. The van der Waals surface area contributed by atoms with Crippen molar-refractivity contribution < 1.29 is 9.90 Å². The first-order chi connectivity index (χ1) is 14.2. The predicted octanol–water partition coefficient (Wildman–Crippen LogP) is 7.18. The normalized spacial score (nSPS) is 58.5. The van der Waals surface area contributed by atoms with Gasteiger partial charge in [0.25, 0.3) is 0 Å². The molecule has 0 aromatic heterocycles. The molecule has 5 fully saturated rings. The summed E-state index contributed by atoms with van der Waals surface area (Å²) in [6, 6.07) is 0. The van der Waals surface area contributed by atoms with Gasteiger partial charge < -0.3 is 5.11 Å². The average molecular weight is 429 g/mol. The van der Waals surface area contributed by atoms with Crippen LogP contribution in [0.1, 0.15) is 119 Å². The number of fused-ring (bicyclic) bond motifs is 7. The Labute approximate surface area is 191 Å². The van der Waals surface area contributed by atoms with Crippen LogP contribution in [0.4, 0.5) is 0 Å². The lowest BCUT2D eigenvalue weighted by atomic mass is 9.30. The van der Waals surface area contributed by atoms with Gasteiger partial charge in [0.2, 0.25) is 0 Å². The molecule has 2 nitrogen and oxygen atoms in total. The third-order valence-corrected chi connectivity index (χ3v) is 13.1. The smallest absolute Gasteiger partial charge is 0.161 e. The number of rotatable bonds is 0. The number of aliphatic hydroxyl groups excluding tert-OH is 1. The lowest BCUT2D eigenvalue weighted by Gasteiger charge is -2.74. The first kappa shape index (κ1) is 22.4. The Kier molecular flexibility index (Phi) is 4.63. The molecule has 0 aromatic rings. The average Bonchev–Trinajstić information content (AvgIpc) is 2.67. The number of Topliss-reactive ketones (excluding diaryl/α,β-unsaturated/α-hetero) is 1. The monoisotopic (exact) mass is 428 g/mol. The van der Waals surface area contributed by atoms with Crippen molar-refractivity contribution in [3.8, 4) is 0 Å². The van der Waals surface area contributed by atoms with Gasteiger partial charge in [-0.25, -0.2) is 0 Å². The van der Waals surface area contributed by atoms with Gasteiger partial charge in [0.15, 0.2) is 5.78 Å². The third-order valence-electron chi connectivity index (χ3n) is 13.1. The molecule has 5 rings (SSSR count). The van der Waals surface area contributed by atoms with Gasteiger partial charge in [-0.3, -0.25) is 4.79 Å². The molecule has 9 unspecified atom stereocenters. The van der Waals surface area contributed by atoms with Crippen LogP contribution in [-0.2, 0) is 4.79 Å². The molecule has 0 amide bonds. The lowest BCUT2D eigenvalue weighted by molar-refractivity contribution is -0.255. The number of carbonyl (C=O) groups excluding carboxylic acids is 1. The second-order valence-corrected chi connectivity index (χ2v) is 15.1.